The van der Waals surface area contributed by atoms with Crippen LogP contribution >= 0.6 is 0 Å². The molecule has 3 rings (SSSR count). The number of hydrogen-bond donors (Lipinski definition) is 2. The van der Waals surface area contributed by atoms with Crippen LogP contribution in [0, 0.1) is 0 Å². The molecule has 3 unspecified atom stereocenters. The van der Waals surface area contributed by atoms with E-state index in [1.165, 1.54) is 0 Å². The van der Waals surface area contributed by atoms with Crippen LogP contribution < -0.4 is 11.1 Å². The quantitative estimate of drug-likeness (QED) is 0.891. The van der Waals surface area contributed by atoms with Gasteiger partial charge in [-0.15, -0.1) is 0 Å². The van der Waals surface area contributed by atoms with E-state index in [0.29, 0.717) is 12.2 Å². The highest BCUT2D eigenvalue weighted by molar-refractivity contribution is 6.06. The second kappa shape index (κ2) is 5.79. The van der Waals surface area contributed by atoms with E-state index in [9.17, 15) is 4.79 Å². The summed E-state index contributed by atoms with van der Waals surface area (Å²) in [5.41, 5.74) is 7.41. The molecule has 0 saturated heterocycles. The molecule has 0 radical (unpaired) electrons. The predicted octanol–water partition coefficient (Wildman–Crippen LogP) is 1.47. The van der Waals surface area contributed by atoms with Crippen LogP contribution in [0.15, 0.2) is 36.5 Å². The van der Waals surface area contributed by atoms with Crippen LogP contribution in [0.25, 0.3) is 10.9 Å². The molecule has 1 amide bonds. The Hall–Kier alpha value is -1.98. The molecule has 2 aromatic rings. The number of carbonyl (C=O) groups excluding carboxylic acids is 1. The standard InChI is InChI=1S/C16H19N3O2/c1-2-21-14-9-12(17)15(14)19-16(20)11-5-3-7-13-10(11)6-4-8-18-13/h3-8,12,14-15H,2,9,17H2,1H3,(H,19,20). The van der Waals surface area contributed by atoms with E-state index >= 15 is 0 Å². The number of hydrogen-bond acceptors (Lipinski definition) is 4. The van der Waals surface area contributed by atoms with Gasteiger partial charge in [-0.1, -0.05) is 12.1 Å². The Labute approximate surface area is 123 Å². The summed E-state index contributed by atoms with van der Waals surface area (Å²) in [4.78, 5) is 16.8. The molecule has 110 valence electrons. The highest BCUT2D eigenvalue weighted by Gasteiger charge is 2.40. The molecule has 1 aliphatic rings. The zero-order valence-electron chi connectivity index (χ0n) is 12.0. The summed E-state index contributed by atoms with van der Waals surface area (Å²) in [6, 6.07) is 9.10. The van der Waals surface area contributed by atoms with Crippen LogP contribution in [0.1, 0.15) is 23.7 Å². The molecule has 5 nitrogen and oxygen atoms in total. The maximum atomic E-state index is 12.5. The fraction of sp³-hybridized carbons (Fsp3) is 0.375. The average molecular weight is 285 g/mol. The van der Waals surface area contributed by atoms with Crippen molar-refractivity contribution >= 4 is 16.8 Å². The summed E-state index contributed by atoms with van der Waals surface area (Å²) in [6.07, 6.45) is 2.52. The van der Waals surface area contributed by atoms with Gasteiger partial charge >= 0.3 is 0 Å². The first kappa shape index (κ1) is 14.0. The van der Waals surface area contributed by atoms with E-state index in [1.54, 1.807) is 12.3 Å². The van der Waals surface area contributed by atoms with Crippen LogP contribution in [0.4, 0.5) is 0 Å². The molecule has 21 heavy (non-hydrogen) atoms. The first-order valence-electron chi connectivity index (χ1n) is 7.22. The number of carbonyl (C=O) groups is 1. The number of nitrogens with one attached hydrogen (secondary N) is 1. The van der Waals surface area contributed by atoms with Crippen LogP contribution in [-0.4, -0.2) is 35.7 Å². The second-order valence-corrected chi connectivity index (χ2v) is 5.27. The zero-order valence-corrected chi connectivity index (χ0v) is 12.0. The van der Waals surface area contributed by atoms with E-state index in [0.717, 1.165) is 17.3 Å². The Balaban J connectivity index is 1.81. The third-order valence-corrected chi connectivity index (χ3v) is 3.94. The zero-order chi connectivity index (χ0) is 14.8. The lowest BCUT2D eigenvalue weighted by Crippen LogP contribution is -2.64. The first-order valence-corrected chi connectivity index (χ1v) is 7.22. The number of amides is 1. The molecule has 1 aliphatic carbocycles. The van der Waals surface area contributed by atoms with Crippen LogP contribution in [0.2, 0.25) is 0 Å². The average Bonchev–Trinajstić information content (AvgIpc) is 2.51. The molecule has 1 fully saturated rings. The van der Waals surface area contributed by atoms with Crippen molar-refractivity contribution in [1.29, 1.82) is 0 Å². The molecule has 3 N–H and O–H groups in total. The van der Waals surface area contributed by atoms with E-state index < -0.39 is 0 Å². The van der Waals surface area contributed by atoms with Gasteiger partial charge in [-0.05, 0) is 31.5 Å². The lowest BCUT2D eigenvalue weighted by Gasteiger charge is -2.42. The van der Waals surface area contributed by atoms with Gasteiger partial charge in [0.05, 0.1) is 17.7 Å². The summed E-state index contributed by atoms with van der Waals surface area (Å²) in [7, 11) is 0. The molecule has 1 heterocycles. The summed E-state index contributed by atoms with van der Waals surface area (Å²) in [5, 5.41) is 3.84. The predicted molar refractivity (Wildman–Crippen MR) is 81.0 cm³/mol. The van der Waals surface area contributed by atoms with Crippen LogP contribution in [0.3, 0.4) is 0 Å². The summed E-state index contributed by atoms with van der Waals surface area (Å²) < 4.78 is 5.58. The number of benzene rings is 1. The maximum Gasteiger partial charge on any atom is 0.252 e. The highest BCUT2D eigenvalue weighted by atomic mass is 16.5. The van der Waals surface area contributed by atoms with Gasteiger partial charge in [0.1, 0.15) is 0 Å². The Morgan fingerprint density at radius 2 is 2.29 bits per heavy atom. The fourth-order valence-electron chi connectivity index (χ4n) is 2.76. The number of aromatic nitrogens is 1. The molecule has 0 aliphatic heterocycles. The van der Waals surface area contributed by atoms with Crippen LogP contribution in [-0.2, 0) is 4.74 Å². The molecule has 3 atom stereocenters. The monoisotopic (exact) mass is 285 g/mol. The van der Waals surface area contributed by atoms with Gasteiger partial charge in [-0.3, -0.25) is 9.78 Å². The van der Waals surface area contributed by atoms with E-state index in [-0.39, 0.29) is 24.1 Å². The third-order valence-electron chi connectivity index (χ3n) is 3.94. The number of fused-ring (bicyclic) bond motifs is 1. The number of pyridine rings is 1. The van der Waals surface area contributed by atoms with Gasteiger partial charge < -0.3 is 15.8 Å². The smallest absolute Gasteiger partial charge is 0.252 e. The van der Waals surface area contributed by atoms with E-state index in [4.69, 9.17) is 10.5 Å². The van der Waals surface area contributed by atoms with Crippen LogP contribution in [0.5, 0.6) is 0 Å². The Kier molecular flexibility index (Phi) is 3.86. The normalized spacial score (nSPS) is 24.6. The minimum absolute atomic E-state index is 0.0158. The molecule has 1 saturated carbocycles. The van der Waals surface area contributed by atoms with Crippen molar-refractivity contribution in [2.24, 2.45) is 5.73 Å². The van der Waals surface area contributed by atoms with Gasteiger partial charge in [-0.2, -0.15) is 0 Å². The van der Waals surface area contributed by atoms with Gasteiger partial charge in [-0.25, -0.2) is 0 Å². The number of ether oxygens (including phenoxy) is 1. The topological polar surface area (TPSA) is 77.2 Å². The second-order valence-electron chi connectivity index (χ2n) is 5.27. The molecular formula is C16H19N3O2. The number of nitrogens with zero attached hydrogens (tertiary/aromatic N) is 1. The lowest BCUT2D eigenvalue weighted by molar-refractivity contribution is -0.0300. The lowest BCUT2D eigenvalue weighted by atomic mass is 9.83. The highest BCUT2D eigenvalue weighted by Crippen LogP contribution is 2.24. The number of rotatable bonds is 4. The summed E-state index contributed by atoms with van der Waals surface area (Å²) >= 11 is 0. The molecule has 5 heteroatoms. The minimum atomic E-state index is -0.126. The minimum Gasteiger partial charge on any atom is -0.376 e. The fourth-order valence-corrected chi connectivity index (χ4v) is 2.76. The Morgan fingerprint density at radius 1 is 1.43 bits per heavy atom. The van der Waals surface area contributed by atoms with Gasteiger partial charge in [0.2, 0.25) is 0 Å². The Morgan fingerprint density at radius 3 is 3.05 bits per heavy atom. The third kappa shape index (κ3) is 2.62. The molecule has 1 aromatic heterocycles. The largest absolute Gasteiger partial charge is 0.376 e. The van der Waals surface area contributed by atoms with E-state index in [2.05, 4.69) is 10.3 Å². The summed E-state index contributed by atoms with van der Waals surface area (Å²) in [5.74, 6) is -0.126. The van der Waals surface area contributed by atoms with E-state index in [1.807, 2.05) is 31.2 Å². The Bertz CT molecular complexity index is 652. The molecule has 1 aromatic carbocycles. The molecule has 0 spiro atoms. The van der Waals surface area contributed by atoms with Crippen molar-refractivity contribution in [1.82, 2.24) is 10.3 Å². The maximum absolute atomic E-state index is 12.5. The van der Waals surface area contributed by atoms with Crippen molar-refractivity contribution in [2.45, 2.75) is 31.5 Å². The van der Waals surface area contributed by atoms with Gasteiger partial charge in [0, 0.05) is 29.8 Å². The van der Waals surface area contributed by atoms with Crippen molar-refractivity contribution in [2.75, 3.05) is 6.61 Å². The molecule has 0 bridgehead atoms. The van der Waals surface area contributed by atoms with Gasteiger partial charge in [0.25, 0.3) is 5.91 Å². The summed E-state index contributed by atoms with van der Waals surface area (Å²) in [6.45, 7) is 2.57. The van der Waals surface area contributed by atoms with Crippen molar-refractivity contribution in [3.05, 3.63) is 42.1 Å². The number of nitrogens with two attached hydrogens (primary N) is 1. The van der Waals surface area contributed by atoms with Crippen molar-refractivity contribution < 1.29 is 9.53 Å². The molecular weight excluding hydrogens is 266 g/mol. The van der Waals surface area contributed by atoms with Crippen molar-refractivity contribution in [3.63, 3.8) is 0 Å². The first-order chi connectivity index (χ1) is 10.2. The SMILES string of the molecule is CCOC1CC(N)C1NC(=O)c1cccc2ncccc12. The van der Waals surface area contributed by atoms with Gasteiger partial charge in [0.15, 0.2) is 0 Å². The van der Waals surface area contributed by atoms with Crippen molar-refractivity contribution in [3.8, 4) is 0 Å².